The van der Waals surface area contributed by atoms with E-state index < -0.39 is 0 Å². The third kappa shape index (κ3) is 1.22. The van der Waals surface area contributed by atoms with E-state index in [0.717, 1.165) is 30.9 Å². The SMILES string of the molecule is CCc1cn2c(n1)NCCC2C1CC1. The Morgan fingerprint density at radius 3 is 3.07 bits per heavy atom. The summed E-state index contributed by atoms with van der Waals surface area (Å²) in [6, 6.07) is 0.735. The van der Waals surface area contributed by atoms with Crippen molar-refractivity contribution in [3.63, 3.8) is 0 Å². The smallest absolute Gasteiger partial charge is 0.203 e. The molecule has 3 nitrogen and oxygen atoms in total. The molecule has 1 aromatic rings. The van der Waals surface area contributed by atoms with Gasteiger partial charge in [-0.1, -0.05) is 6.92 Å². The highest BCUT2D eigenvalue weighted by Gasteiger charge is 2.35. The van der Waals surface area contributed by atoms with Crippen LogP contribution in [0.1, 0.15) is 37.9 Å². The van der Waals surface area contributed by atoms with Crippen LogP contribution in [0, 0.1) is 5.92 Å². The summed E-state index contributed by atoms with van der Waals surface area (Å²) in [5, 5.41) is 3.38. The second-order valence-corrected chi connectivity index (χ2v) is 4.44. The molecule has 1 aliphatic heterocycles. The monoisotopic (exact) mass is 191 g/mol. The van der Waals surface area contributed by atoms with Gasteiger partial charge in [0.25, 0.3) is 0 Å². The van der Waals surface area contributed by atoms with Crippen molar-refractivity contribution in [2.45, 2.75) is 38.6 Å². The zero-order chi connectivity index (χ0) is 9.54. The van der Waals surface area contributed by atoms with Crippen LogP contribution < -0.4 is 5.32 Å². The molecule has 0 spiro atoms. The summed E-state index contributed by atoms with van der Waals surface area (Å²) < 4.78 is 2.38. The summed E-state index contributed by atoms with van der Waals surface area (Å²) in [5.74, 6) is 2.04. The maximum atomic E-state index is 4.58. The molecule has 1 saturated carbocycles. The zero-order valence-corrected chi connectivity index (χ0v) is 8.66. The predicted octanol–water partition coefficient (Wildman–Crippen LogP) is 2.21. The Morgan fingerprint density at radius 2 is 2.36 bits per heavy atom. The second kappa shape index (κ2) is 3.01. The highest BCUT2D eigenvalue weighted by molar-refractivity contribution is 5.32. The molecule has 14 heavy (non-hydrogen) atoms. The molecule has 1 aromatic heterocycles. The van der Waals surface area contributed by atoms with Crippen LogP contribution in [-0.2, 0) is 6.42 Å². The number of anilines is 1. The molecule has 3 heteroatoms. The molecule has 2 aliphatic rings. The Bertz CT molecular complexity index is 338. The molecule has 0 radical (unpaired) electrons. The molecule has 76 valence electrons. The first-order chi connectivity index (χ1) is 6.88. The van der Waals surface area contributed by atoms with E-state index in [1.54, 1.807) is 0 Å². The third-order valence-electron chi connectivity index (χ3n) is 3.39. The van der Waals surface area contributed by atoms with Gasteiger partial charge in [-0.25, -0.2) is 4.98 Å². The molecule has 3 rings (SSSR count). The first-order valence-electron chi connectivity index (χ1n) is 5.70. The molecule has 2 heterocycles. The topological polar surface area (TPSA) is 29.9 Å². The molecule has 1 N–H and O–H groups in total. The van der Waals surface area contributed by atoms with Gasteiger partial charge in [0.1, 0.15) is 0 Å². The van der Waals surface area contributed by atoms with E-state index in [1.807, 2.05) is 0 Å². The summed E-state index contributed by atoms with van der Waals surface area (Å²) in [6.07, 6.45) is 7.40. The van der Waals surface area contributed by atoms with Crippen LogP contribution in [0.15, 0.2) is 6.20 Å². The molecule has 1 atom stereocenters. The number of rotatable bonds is 2. The van der Waals surface area contributed by atoms with Crippen molar-refractivity contribution in [3.05, 3.63) is 11.9 Å². The van der Waals surface area contributed by atoms with Gasteiger partial charge >= 0.3 is 0 Å². The van der Waals surface area contributed by atoms with E-state index in [2.05, 4.69) is 28.0 Å². The molecule has 0 saturated heterocycles. The van der Waals surface area contributed by atoms with E-state index in [0.29, 0.717) is 0 Å². The minimum Gasteiger partial charge on any atom is -0.356 e. The van der Waals surface area contributed by atoms with Gasteiger partial charge in [-0.05, 0) is 31.6 Å². The molecule has 0 bridgehead atoms. The predicted molar refractivity (Wildman–Crippen MR) is 56.5 cm³/mol. The summed E-state index contributed by atoms with van der Waals surface area (Å²) in [5.41, 5.74) is 1.22. The highest BCUT2D eigenvalue weighted by atomic mass is 15.2. The number of fused-ring (bicyclic) bond motifs is 1. The van der Waals surface area contributed by atoms with Crippen LogP contribution in [0.4, 0.5) is 5.95 Å². The van der Waals surface area contributed by atoms with Crippen LogP contribution in [0.2, 0.25) is 0 Å². The number of imidazole rings is 1. The average molecular weight is 191 g/mol. The zero-order valence-electron chi connectivity index (χ0n) is 8.66. The van der Waals surface area contributed by atoms with E-state index >= 15 is 0 Å². The van der Waals surface area contributed by atoms with Crippen molar-refractivity contribution >= 4 is 5.95 Å². The van der Waals surface area contributed by atoms with Gasteiger partial charge < -0.3 is 9.88 Å². The van der Waals surface area contributed by atoms with Crippen molar-refractivity contribution in [2.75, 3.05) is 11.9 Å². The minimum atomic E-state index is 0.735. The van der Waals surface area contributed by atoms with E-state index in [4.69, 9.17) is 0 Å². The standard InChI is InChI=1S/C11H17N3/c1-2-9-7-14-10(8-3-4-8)5-6-12-11(14)13-9/h7-8,10H,2-6H2,1H3,(H,12,13). The fourth-order valence-electron chi connectivity index (χ4n) is 2.41. The summed E-state index contributed by atoms with van der Waals surface area (Å²) in [4.78, 5) is 4.58. The fraction of sp³-hybridized carbons (Fsp3) is 0.727. The molecule has 1 aliphatic carbocycles. The van der Waals surface area contributed by atoms with Gasteiger partial charge in [-0.15, -0.1) is 0 Å². The fourth-order valence-corrected chi connectivity index (χ4v) is 2.41. The highest BCUT2D eigenvalue weighted by Crippen LogP contribution is 2.44. The van der Waals surface area contributed by atoms with Gasteiger partial charge in [0.2, 0.25) is 5.95 Å². The van der Waals surface area contributed by atoms with Crippen molar-refractivity contribution < 1.29 is 0 Å². The largest absolute Gasteiger partial charge is 0.356 e. The Balaban J connectivity index is 1.95. The Hall–Kier alpha value is -0.990. The van der Waals surface area contributed by atoms with Crippen molar-refractivity contribution in [2.24, 2.45) is 5.92 Å². The lowest BCUT2D eigenvalue weighted by molar-refractivity contribution is 0.410. The van der Waals surface area contributed by atoms with Crippen molar-refractivity contribution in [3.8, 4) is 0 Å². The maximum absolute atomic E-state index is 4.58. The first kappa shape index (κ1) is 8.33. The summed E-state index contributed by atoms with van der Waals surface area (Å²) in [7, 11) is 0. The van der Waals surface area contributed by atoms with Crippen LogP contribution >= 0.6 is 0 Å². The average Bonchev–Trinajstić information content (AvgIpc) is 2.96. The van der Waals surface area contributed by atoms with Gasteiger partial charge in [0.05, 0.1) is 5.69 Å². The maximum Gasteiger partial charge on any atom is 0.203 e. The Labute approximate surface area is 84.5 Å². The third-order valence-corrected chi connectivity index (χ3v) is 3.39. The lowest BCUT2D eigenvalue weighted by Crippen LogP contribution is -2.23. The van der Waals surface area contributed by atoms with Crippen molar-refractivity contribution in [1.82, 2.24) is 9.55 Å². The van der Waals surface area contributed by atoms with E-state index in [-0.39, 0.29) is 0 Å². The van der Waals surface area contributed by atoms with E-state index in [1.165, 1.54) is 25.0 Å². The first-order valence-corrected chi connectivity index (χ1v) is 5.70. The van der Waals surface area contributed by atoms with Crippen LogP contribution in [0.3, 0.4) is 0 Å². The lowest BCUT2D eigenvalue weighted by Gasteiger charge is -2.25. The number of hydrogen-bond acceptors (Lipinski definition) is 2. The van der Waals surface area contributed by atoms with Gasteiger partial charge in [0, 0.05) is 18.8 Å². The van der Waals surface area contributed by atoms with E-state index in [9.17, 15) is 0 Å². The van der Waals surface area contributed by atoms with Crippen LogP contribution in [0.5, 0.6) is 0 Å². The second-order valence-electron chi connectivity index (χ2n) is 4.44. The van der Waals surface area contributed by atoms with Crippen molar-refractivity contribution in [1.29, 1.82) is 0 Å². The van der Waals surface area contributed by atoms with Gasteiger partial charge in [-0.2, -0.15) is 0 Å². The summed E-state index contributed by atoms with van der Waals surface area (Å²) >= 11 is 0. The molecule has 0 amide bonds. The lowest BCUT2D eigenvalue weighted by atomic mass is 10.1. The number of aromatic nitrogens is 2. The van der Waals surface area contributed by atoms with Gasteiger partial charge in [0.15, 0.2) is 0 Å². The van der Waals surface area contributed by atoms with Gasteiger partial charge in [-0.3, -0.25) is 0 Å². The molecular weight excluding hydrogens is 174 g/mol. The Kier molecular flexibility index (Phi) is 1.79. The molecule has 1 unspecified atom stereocenters. The summed E-state index contributed by atoms with van der Waals surface area (Å²) in [6.45, 7) is 3.27. The molecule has 0 aromatic carbocycles. The van der Waals surface area contributed by atoms with Crippen LogP contribution in [0.25, 0.3) is 0 Å². The molecule has 1 fully saturated rings. The quantitative estimate of drug-likeness (QED) is 0.776. The Morgan fingerprint density at radius 1 is 1.50 bits per heavy atom. The number of aryl methyl sites for hydroxylation is 1. The minimum absolute atomic E-state index is 0.735. The normalized spacial score (nSPS) is 25.6. The van der Waals surface area contributed by atoms with Crippen LogP contribution in [-0.4, -0.2) is 16.1 Å². The number of nitrogens with zero attached hydrogens (tertiary/aromatic N) is 2. The molecular formula is C11H17N3. The number of nitrogens with one attached hydrogen (secondary N) is 1. The number of hydrogen-bond donors (Lipinski definition) is 1.